The second kappa shape index (κ2) is 7.96. The summed E-state index contributed by atoms with van der Waals surface area (Å²) >= 11 is 6.17. The second-order valence-electron chi connectivity index (χ2n) is 7.73. The van der Waals surface area contributed by atoms with Crippen LogP contribution in [0, 0.1) is 17.5 Å². The Morgan fingerprint density at radius 3 is 2.23 bits per heavy atom. The van der Waals surface area contributed by atoms with Crippen LogP contribution in [0.5, 0.6) is 0 Å². The van der Waals surface area contributed by atoms with E-state index < -0.39 is 33.4 Å². The Kier molecular flexibility index (Phi) is 5.61. The minimum absolute atomic E-state index is 0.0424. The standard InChI is InChI=1S/C21H18ClF3N2O3S/c1-11-6-14-3-4-15(7-11)27(14)31(29,30)19-8-12(2-5-16(19)22)21(28)26-13-9-17(23)20(25)18(24)10-13/h2,5,8-10,14-15H,1,3-4,6-7H2,(H,26,28). The number of benzene rings is 2. The van der Waals surface area contributed by atoms with Crippen molar-refractivity contribution >= 4 is 33.2 Å². The van der Waals surface area contributed by atoms with Gasteiger partial charge in [0.15, 0.2) is 17.5 Å². The number of sulfonamides is 1. The Morgan fingerprint density at radius 2 is 1.65 bits per heavy atom. The number of amides is 1. The molecule has 2 aliphatic rings. The molecule has 0 aromatic heterocycles. The number of anilines is 1. The minimum Gasteiger partial charge on any atom is -0.322 e. The van der Waals surface area contributed by atoms with Gasteiger partial charge in [-0.15, -0.1) is 0 Å². The zero-order valence-corrected chi connectivity index (χ0v) is 17.7. The van der Waals surface area contributed by atoms with Gasteiger partial charge in [-0.05, 0) is 43.9 Å². The average Bonchev–Trinajstić information content (AvgIpc) is 2.99. The first-order valence-corrected chi connectivity index (χ1v) is 11.4. The van der Waals surface area contributed by atoms with E-state index in [0.29, 0.717) is 25.0 Å². The molecular formula is C21H18ClF3N2O3S. The van der Waals surface area contributed by atoms with E-state index in [0.717, 1.165) is 24.5 Å². The number of carbonyl (C=O) groups excluding carboxylic acids is 1. The van der Waals surface area contributed by atoms with Crippen molar-refractivity contribution in [2.24, 2.45) is 0 Å². The Bertz CT molecular complexity index is 1160. The van der Waals surface area contributed by atoms with Crippen LogP contribution in [0.1, 0.15) is 36.0 Å². The normalized spacial score (nSPS) is 21.4. The van der Waals surface area contributed by atoms with Crippen LogP contribution in [-0.4, -0.2) is 30.7 Å². The van der Waals surface area contributed by atoms with Crippen LogP contribution in [0.4, 0.5) is 18.9 Å². The predicted molar refractivity (Wildman–Crippen MR) is 110 cm³/mol. The maximum atomic E-state index is 13.4. The SMILES string of the molecule is C=C1CC2CCC(C1)N2S(=O)(=O)c1cc(C(=O)Nc2cc(F)c(F)c(F)c2)ccc1Cl. The van der Waals surface area contributed by atoms with Crippen molar-refractivity contribution in [2.45, 2.75) is 42.7 Å². The number of halogens is 4. The molecule has 2 heterocycles. The molecule has 2 fully saturated rings. The van der Waals surface area contributed by atoms with Gasteiger partial charge in [0.2, 0.25) is 10.0 Å². The van der Waals surface area contributed by atoms with Crippen molar-refractivity contribution in [3.63, 3.8) is 0 Å². The molecule has 2 aliphatic heterocycles. The summed E-state index contributed by atoms with van der Waals surface area (Å²) in [5.41, 5.74) is 0.618. The van der Waals surface area contributed by atoms with Gasteiger partial charge in [-0.25, -0.2) is 21.6 Å². The molecule has 2 aromatic carbocycles. The quantitative estimate of drug-likeness (QED) is 0.511. The van der Waals surface area contributed by atoms with Crippen LogP contribution in [0.15, 0.2) is 47.4 Å². The van der Waals surface area contributed by atoms with E-state index in [1.54, 1.807) is 0 Å². The molecule has 10 heteroatoms. The highest BCUT2D eigenvalue weighted by Crippen LogP contribution is 2.42. The molecule has 0 saturated carbocycles. The van der Waals surface area contributed by atoms with Crippen molar-refractivity contribution in [2.75, 3.05) is 5.32 Å². The Hall–Kier alpha value is -2.36. The molecule has 2 atom stereocenters. The first-order valence-electron chi connectivity index (χ1n) is 9.53. The molecule has 1 N–H and O–H groups in total. The smallest absolute Gasteiger partial charge is 0.255 e. The van der Waals surface area contributed by atoms with Gasteiger partial charge in [0, 0.05) is 35.5 Å². The number of fused-ring (bicyclic) bond motifs is 2. The van der Waals surface area contributed by atoms with E-state index in [1.165, 1.54) is 16.4 Å². The van der Waals surface area contributed by atoms with Crippen molar-refractivity contribution in [3.05, 3.63) is 70.5 Å². The molecule has 31 heavy (non-hydrogen) atoms. The molecule has 0 aliphatic carbocycles. The van der Waals surface area contributed by atoms with Crippen LogP contribution in [0.25, 0.3) is 0 Å². The van der Waals surface area contributed by atoms with Gasteiger partial charge in [-0.3, -0.25) is 4.79 Å². The molecule has 1 amide bonds. The second-order valence-corrected chi connectivity index (χ2v) is 9.95. The Morgan fingerprint density at radius 1 is 1.06 bits per heavy atom. The monoisotopic (exact) mass is 470 g/mol. The highest BCUT2D eigenvalue weighted by atomic mass is 35.5. The highest BCUT2D eigenvalue weighted by Gasteiger charge is 2.45. The number of nitrogens with zero attached hydrogens (tertiary/aromatic N) is 1. The molecule has 2 aromatic rings. The lowest BCUT2D eigenvalue weighted by Gasteiger charge is -2.35. The van der Waals surface area contributed by atoms with Gasteiger partial charge in [0.05, 0.1) is 5.02 Å². The number of carbonyl (C=O) groups is 1. The Balaban J connectivity index is 1.64. The summed E-state index contributed by atoms with van der Waals surface area (Å²) < 4.78 is 68.1. The fraction of sp³-hybridized carbons (Fsp3) is 0.286. The van der Waals surface area contributed by atoms with E-state index in [9.17, 15) is 26.4 Å². The van der Waals surface area contributed by atoms with Crippen LogP contribution < -0.4 is 5.32 Å². The minimum atomic E-state index is -3.99. The molecule has 164 valence electrons. The molecule has 2 saturated heterocycles. The van der Waals surface area contributed by atoms with Crippen LogP contribution >= 0.6 is 11.6 Å². The number of hydrogen-bond donors (Lipinski definition) is 1. The van der Waals surface area contributed by atoms with Gasteiger partial charge >= 0.3 is 0 Å². The van der Waals surface area contributed by atoms with Crippen LogP contribution in [0.3, 0.4) is 0 Å². The van der Waals surface area contributed by atoms with Crippen LogP contribution in [-0.2, 0) is 10.0 Å². The lowest BCUT2D eigenvalue weighted by Crippen LogP contribution is -2.44. The topological polar surface area (TPSA) is 66.5 Å². The van der Waals surface area contributed by atoms with E-state index in [2.05, 4.69) is 11.9 Å². The maximum absolute atomic E-state index is 13.4. The number of hydrogen-bond acceptors (Lipinski definition) is 3. The molecule has 2 unspecified atom stereocenters. The summed E-state index contributed by atoms with van der Waals surface area (Å²) in [6, 6.07) is 4.56. The summed E-state index contributed by atoms with van der Waals surface area (Å²) in [6.45, 7) is 3.98. The summed E-state index contributed by atoms with van der Waals surface area (Å²) in [7, 11) is -3.99. The molecule has 4 rings (SSSR count). The predicted octanol–water partition coefficient (Wildman–Crippen LogP) is 4.88. The summed E-state index contributed by atoms with van der Waals surface area (Å²) in [5.74, 6) is -5.40. The third-order valence-corrected chi connectivity index (χ3v) is 8.08. The van der Waals surface area contributed by atoms with Crippen LogP contribution in [0.2, 0.25) is 5.02 Å². The van der Waals surface area contributed by atoms with Gasteiger partial charge in [-0.1, -0.05) is 23.8 Å². The maximum Gasteiger partial charge on any atom is 0.255 e. The summed E-state index contributed by atoms with van der Waals surface area (Å²) in [6.07, 6.45) is 2.61. The largest absolute Gasteiger partial charge is 0.322 e. The zero-order chi connectivity index (χ0) is 22.5. The number of piperidine rings is 1. The first kappa shape index (κ1) is 21.9. The molecule has 5 nitrogen and oxygen atoms in total. The van der Waals surface area contributed by atoms with Gasteiger partial charge < -0.3 is 5.32 Å². The van der Waals surface area contributed by atoms with E-state index in [4.69, 9.17) is 11.6 Å². The third kappa shape index (κ3) is 3.97. The van der Waals surface area contributed by atoms with Gasteiger partial charge in [-0.2, -0.15) is 4.31 Å². The molecule has 0 spiro atoms. The highest BCUT2D eigenvalue weighted by molar-refractivity contribution is 7.89. The Labute approximate surface area is 182 Å². The summed E-state index contributed by atoms with van der Waals surface area (Å²) in [4.78, 5) is 12.3. The van der Waals surface area contributed by atoms with Crippen molar-refractivity contribution in [1.29, 1.82) is 0 Å². The average molecular weight is 471 g/mol. The van der Waals surface area contributed by atoms with E-state index in [1.807, 2.05) is 0 Å². The fourth-order valence-electron chi connectivity index (χ4n) is 4.25. The van der Waals surface area contributed by atoms with Crippen molar-refractivity contribution < 1.29 is 26.4 Å². The van der Waals surface area contributed by atoms with Gasteiger partial charge in [0.1, 0.15) is 4.90 Å². The fourth-order valence-corrected chi connectivity index (χ4v) is 6.62. The molecular weight excluding hydrogens is 453 g/mol. The number of nitrogens with one attached hydrogen (secondary N) is 1. The number of rotatable bonds is 4. The molecule has 0 radical (unpaired) electrons. The zero-order valence-electron chi connectivity index (χ0n) is 16.2. The summed E-state index contributed by atoms with van der Waals surface area (Å²) in [5, 5.41) is 2.19. The van der Waals surface area contributed by atoms with Crippen molar-refractivity contribution in [1.82, 2.24) is 4.31 Å². The van der Waals surface area contributed by atoms with E-state index in [-0.39, 0.29) is 33.3 Å². The lowest BCUT2D eigenvalue weighted by molar-refractivity contribution is 0.102. The lowest BCUT2D eigenvalue weighted by atomic mass is 10.0. The van der Waals surface area contributed by atoms with Crippen molar-refractivity contribution in [3.8, 4) is 0 Å². The first-order chi connectivity index (χ1) is 14.6. The third-order valence-electron chi connectivity index (χ3n) is 5.59. The van der Waals surface area contributed by atoms with E-state index >= 15 is 0 Å². The van der Waals surface area contributed by atoms with Gasteiger partial charge in [0.25, 0.3) is 5.91 Å². The molecule has 2 bridgehead atoms.